The lowest BCUT2D eigenvalue weighted by Gasteiger charge is -2.09. The Morgan fingerprint density at radius 2 is 1.73 bits per heavy atom. The van der Waals surface area contributed by atoms with E-state index in [9.17, 15) is 4.79 Å². The molecule has 0 N–H and O–H groups in total. The minimum Gasteiger partial charge on any atom is -0.465 e. The van der Waals surface area contributed by atoms with Gasteiger partial charge in [-0.1, -0.05) is 52.9 Å². The third kappa shape index (κ3) is 8.46. The number of esters is 1. The van der Waals surface area contributed by atoms with Crippen molar-refractivity contribution in [2.45, 2.75) is 65.7 Å². The fraction of sp³-hybridized carbons (Fsp3) is 0.923. The molecule has 0 unspecified atom stereocenters. The number of rotatable bonds is 9. The van der Waals surface area contributed by atoms with Crippen LogP contribution in [0.15, 0.2) is 0 Å². The highest BCUT2D eigenvalue weighted by molar-refractivity contribution is 5.71. The first-order chi connectivity index (χ1) is 7.22. The van der Waals surface area contributed by atoms with Gasteiger partial charge in [-0.25, -0.2) is 0 Å². The molecular formula is C13H26O2. The minimum absolute atomic E-state index is 0.0210. The molecule has 2 nitrogen and oxygen atoms in total. The lowest BCUT2D eigenvalue weighted by Crippen LogP contribution is -2.15. The molecule has 15 heavy (non-hydrogen) atoms. The molecule has 0 bridgehead atoms. The molecule has 0 aliphatic carbocycles. The van der Waals surface area contributed by atoms with E-state index in [4.69, 9.17) is 4.74 Å². The maximum atomic E-state index is 11.4. The average Bonchev–Trinajstić information content (AvgIpc) is 2.23. The van der Waals surface area contributed by atoms with Crippen LogP contribution in [0, 0.1) is 5.92 Å². The van der Waals surface area contributed by atoms with Crippen molar-refractivity contribution in [2.24, 2.45) is 5.92 Å². The van der Waals surface area contributed by atoms with Crippen molar-refractivity contribution in [3.63, 3.8) is 0 Å². The molecule has 0 spiro atoms. The highest BCUT2D eigenvalue weighted by Gasteiger charge is 2.12. The van der Waals surface area contributed by atoms with E-state index in [1.54, 1.807) is 0 Å². The van der Waals surface area contributed by atoms with Crippen LogP contribution in [0.3, 0.4) is 0 Å². The van der Waals surface area contributed by atoms with Crippen LogP contribution in [0.2, 0.25) is 0 Å². The summed E-state index contributed by atoms with van der Waals surface area (Å²) in [6.45, 7) is 6.85. The molecule has 0 saturated heterocycles. The summed E-state index contributed by atoms with van der Waals surface area (Å²) in [5.74, 6) is 0.0537. The van der Waals surface area contributed by atoms with Gasteiger partial charge in [0.2, 0.25) is 0 Å². The third-order valence-electron chi connectivity index (χ3n) is 2.62. The van der Waals surface area contributed by atoms with Gasteiger partial charge in [0.15, 0.2) is 0 Å². The molecule has 0 fully saturated rings. The van der Waals surface area contributed by atoms with Gasteiger partial charge in [-0.15, -0.1) is 0 Å². The summed E-state index contributed by atoms with van der Waals surface area (Å²) < 4.78 is 5.20. The maximum absolute atomic E-state index is 11.4. The highest BCUT2D eigenvalue weighted by atomic mass is 16.5. The Morgan fingerprint density at radius 1 is 1.07 bits per heavy atom. The lowest BCUT2D eigenvalue weighted by molar-refractivity contribution is -0.148. The molecule has 0 aliphatic heterocycles. The fourth-order valence-corrected chi connectivity index (χ4v) is 1.57. The van der Waals surface area contributed by atoms with Crippen LogP contribution in [0.4, 0.5) is 0 Å². The van der Waals surface area contributed by atoms with Crippen molar-refractivity contribution in [1.29, 1.82) is 0 Å². The Balaban J connectivity index is 3.30. The van der Waals surface area contributed by atoms with Crippen LogP contribution in [0.1, 0.15) is 65.7 Å². The van der Waals surface area contributed by atoms with E-state index in [1.807, 2.05) is 6.92 Å². The Hall–Kier alpha value is -0.530. The summed E-state index contributed by atoms with van der Waals surface area (Å²) in [6.07, 6.45) is 8.00. The molecule has 0 rings (SSSR count). The van der Waals surface area contributed by atoms with E-state index in [1.165, 1.54) is 25.7 Å². The summed E-state index contributed by atoms with van der Waals surface area (Å²) in [4.78, 5) is 11.4. The molecule has 0 radical (unpaired) electrons. The Bertz CT molecular complexity index is 155. The van der Waals surface area contributed by atoms with Crippen molar-refractivity contribution in [3.05, 3.63) is 0 Å². The summed E-state index contributed by atoms with van der Waals surface area (Å²) >= 11 is 0. The van der Waals surface area contributed by atoms with Crippen LogP contribution in [0.5, 0.6) is 0 Å². The first-order valence-electron chi connectivity index (χ1n) is 6.39. The molecule has 90 valence electrons. The Kier molecular flexibility index (Phi) is 9.65. The minimum atomic E-state index is -0.0210. The molecular weight excluding hydrogens is 188 g/mol. The van der Waals surface area contributed by atoms with Crippen LogP contribution in [-0.4, -0.2) is 12.6 Å². The quantitative estimate of drug-likeness (QED) is 0.429. The van der Waals surface area contributed by atoms with Crippen LogP contribution >= 0.6 is 0 Å². The lowest BCUT2D eigenvalue weighted by atomic mass is 10.1. The van der Waals surface area contributed by atoms with Gasteiger partial charge in [0.05, 0.1) is 12.5 Å². The predicted molar refractivity (Wildman–Crippen MR) is 63.8 cm³/mol. The third-order valence-corrected chi connectivity index (χ3v) is 2.62. The number of ether oxygens (including phenoxy) is 1. The topological polar surface area (TPSA) is 26.3 Å². The normalized spacial score (nSPS) is 12.5. The summed E-state index contributed by atoms with van der Waals surface area (Å²) in [5.41, 5.74) is 0. The molecule has 0 heterocycles. The van der Waals surface area contributed by atoms with Gasteiger partial charge in [-0.05, 0) is 12.8 Å². The molecule has 0 amide bonds. The second-order valence-corrected chi connectivity index (χ2v) is 4.27. The van der Waals surface area contributed by atoms with Gasteiger partial charge in [0.1, 0.15) is 0 Å². The number of carbonyl (C=O) groups excluding carboxylic acids is 1. The number of unbranched alkanes of at least 4 members (excludes halogenated alkanes) is 4. The van der Waals surface area contributed by atoms with Gasteiger partial charge in [-0.3, -0.25) is 4.79 Å². The van der Waals surface area contributed by atoms with Gasteiger partial charge >= 0.3 is 5.97 Å². The van der Waals surface area contributed by atoms with Gasteiger partial charge in [0, 0.05) is 0 Å². The van der Waals surface area contributed by atoms with Gasteiger partial charge in [-0.2, -0.15) is 0 Å². The first kappa shape index (κ1) is 14.5. The molecule has 0 aromatic rings. The van der Waals surface area contributed by atoms with E-state index in [0.29, 0.717) is 6.61 Å². The van der Waals surface area contributed by atoms with Crippen molar-refractivity contribution in [2.75, 3.05) is 6.61 Å². The largest absolute Gasteiger partial charge is 0.465 e. The van der Waals surface area contributed by atoms with Crippen LogP contribution in [0.25, 0.3) is 0 Å². The fourth-order valence-electron chi connectivity index (χ4n) is 1.57. The van der Waals surface area contributed by atoms with Crippen LogP contribution < -0.4 is 0 Å². The molecule has 0 aliphatic rings. The van der Waals surface area contributed by atoms with E-state index in [0.717, 1.165) is 19.3 Å². The highest BCUT2D eigenvalue weighted by Crippen LogP contribution is 2.08. The molecule has 1 atom stereocenters. The number of hydrogen-bond donors (Lipinski definition) is 0. The monoisotopic (exact) mass is 214 g/mol. The van der Waals surface area contributed by atoms with Crippen molar-refractivity contribution in [3.8, 4) is 0 Å². The van der Waals surface area contributed by atoms with Crippen molar-refractivity contribution >= 4 is 5.97 Å². The van der Waals surface area contributed by atoms with Crippen molar-refractivity contribution in [1.82, 2.24) is 0 Å². The van der Waals surface area contributed by atoms with Crippen LogP contribution in [-0.2, 0) is 9.53 Å². The van der Waals surface area contributed by atoms with E-state index < -0.39 is 0 Å². The summed E-state index contributed by atoms with van der Waals surface area (Å²) in [6, 6.07) is 0. The maximum Gasteiger partial charge on any atom is 0.308 e. The number of carbonyl (C=O) groups is 1. The van der Waals surface area contributed by atoms with Crippen molar-refractivity contribution < 1.29 is 9.53 Å². The first-order valence-corrected chi connectivity index (χ1v) is 6.39. The summed E-state index contributed by atoms with van der Waals surface area (Å²) in [7, 11) is 0. The average molecular weight is 214 g/mol. The molecule has 0 aromatic carbocycles. The zero-order chi connectivity index (χ0) is 11.5. The zero-order valence-corrected chi connectivity index (χ0v) is 10.6. The standard InChI is InChI=1S/C13H26O2/c1-4-6-7-8-9-11-15-13(14)12(3)10-5-2/h12H,4-11H2,1-3H3/t12-/m0/s1. The smallest absolute Gasteiger partial charge is 0.308 e. The predicted octanol–water partition coefficient (Wildman–Crippen LogP) is 3.94. The Morgan fingerprint density at radius 3 is 2.33 bits per heavy atom. The second kappa shape index (κ2) is 10.0. The van der Waals surface area contributed by atoms with Gasteiger partial charge in [0.25, 0.3) is 0 Å². The molecule has 2 heteroatoms. The van der Waals surface area contributed by atoms with E-state index in [-0.39, 0.29) is 11.9 Å². The van der Waals surface area contributed by atoms with E-state index >= 15 is 0 Å². The van der Waals surface area contributed by atoms with E-state index in [2.05, 4.69) is 13.8 Å². The number of hydrogen-bond acceptors (Lipinski definition) is 2. The second-order valence-electron chi connectivity index (χ2n) is 4.27. The van der Waals surface area contributed by atoms with Gasteiger partial charge < -0.3 is 4.74 Å². The summed E-state index contributed by atoms with van der Waals surface area (Å²) in [5, 5.41) is 0. The SMILES string of the molecule is CCCCCCCOC(=O)[C@@H](C)CCC. The molecule has 0 aromatic heterocycles. The molecule has 0 saturated carbocycles. The zero-order valence-electron chi connectivity index (χ0n) is 10.6. The Labute approximate surface area is 94.4 Å².